The van der Waals surface area contributed by atoms with Gasteiger partial charge in [-0.05, 0) is 24.1 Å². The number of non-ortho nitro benzene ring substituents is 1. The fourth-order valence-electron chi connectivity index (χ4n) is 2.82. The van der Waals surface area contributed by atoms with Crippen LogP contribution in [-0.4, -0.2) is 20.9 Å². The number of benzene rings is 2. The standard InChI is InChI=1S/C19H19N7O3/c1-11-16(17(20)25-18(21)23-11)13-7-5-12(6-8-13)10-22-19(27)24-14-3-2-4-15(9-14)26(28)29/h2-9H,10H2,1H3,(H2,22,24,27)(H4,20,21,23,25). The normalized spacial score (nSPS) is 10.4. The number of rotatable bonds is 5. The molecule has 0 fully saturated rings. The molecule has 2 amide bonds. The van der Waals surface area contributed by atoms with Crippen molar-refractivity contribution in [2.75, 3.05) is 16.8 Å². The van der Waals surface area contributed by atoms with Gasteiger partial charge in [-0.3, -0.25) is 10.1 Å². The molecule has 3 rings (SSSR count). The van der Waals surface area contributed by atoms with Crippen molar-refractivity contribution in [3.05, 3.63) is 69.9 Å². The second kappa shape index (κ2) is 8.21. The van der Waals surface area contributed by atoms with Crippen LogP contribution in [0.25, 0.3) is 11.1 Å². The van der Waals surface area contributed by atoms with Crippen LogP contribution in [0.2, 0.25) is 0 Å². The first kappa shape index (κ1) is 19.5. The van der Waals surface area contributed by atoms with E-state index in [0.717, 1.165) is 11.1 Å². The molecule has 0 radical (unpaired) electrons. The quantitative estimate of drug-likeness (QED) is 0.382. The number of nitrogens with one attached hydrogen (secondary N) is 2. The number of hydrogen-bond donors (Lipinski definition) is 4. The Kier molecular flexibility index (Phi) is 5.54. The average Bonchev–Trinajstić information content (AvgIpc) is 2.67. The van der Waals surface area contributed by atoms with Crippen molar-refractivity contribution in [2.24, 2.45) is 0 Å². The Morgan fingerprint density at radius 1 is 1.14 bits per heavy atom. The van der Waals surface area contributed by atoms with E-state index >= 15 is 0 Å². The topological polar surface area (TPSA) is 162 Å². The number of carbonyl (C=O) groups is 1. The predicted molar refractivity (Wildman–Crippen MR) is 110 cm³/mol. The lowest BCUT2D eigenvalue weighted by Crippen LogP contribution is -2.28. The smallest absolute Gasteiger partial charge is 0.319 e. The molecule has 29 heavy (non-hydrogen) atoms. The number of carbonyl (C=O) groups excluding carboxylic acids is 1. The van der Waals surface area contributed by atoms with Crippen LogP contribution in [0.1, 0.15) is 11.3 Å². The first-order valence-corrected chi connectivity index (χ1v) is 8.61. The third-order valence-electron chi connectivity index (χ3n) is 4.15. The van der Waals surface area contributed by atoms with E-state index in [-0.39, 0.29) is 18.2 Å². The molecular formula is C19H19N7O3. The van der Waals surface area contributed by atoms with Gasteiger partial charge in [0.25, 0.3) is 5.69 Å². The molecule has 0 saturated carbocycles. The Morgan fingerprint density at radius 2 is 1.86 bits per heavy atom. The highest BCUT2D eigenvalue weighted by molar-refractivity contribution is 5.89. The van der Waals surface area contributed by atoms with Gasteiger partial charge in [-0.1, -0.05) is 30.3 Å². The highest BCUT2D eigenvalue weighted by atomic mass is 16.6. The Balaban J connectivity index is 1.63. The molecule has 0 spiro atoms. The van der Waals surface area contributed by atoms with Gasteiger partial charge in [0.05, 0.1) is 10.6 Å². The SMILES string of the molecule is Cc1nc(N)nc(N)c1-c1ccc(CNC(=O)Nc2cccc([N+](=O)[O-])c2)cc1. The summed E-state index contributed by atoms with van der Waals surface area (Å²) in [5.74, 6) is 0.427. The van der Waals surface area contributed by atoms with E-state index in [9.17, 15) is 14.9 Å². The maximum absolute atomic E-state index is 12.0. The van der Waals surface area contributed by atoms with Crippen molar-refractivity contribution in [3.63, 3.8) is 0 Å². The van der Waals surface area contributed by atoms with E-state index in [1.807, 2.05) is 24.3 Å². The van der Waals surface area contributed by atoms with Gasteiger partial charge in [0.1, 0.15) is 5.82 Å². The number of hydrogen-bond acceptors (Lipinski definition) is 7. The summed E-state index contributed by atoms with van der Waals surface area (Å²) < 4.78 is 0. The second-order valence-corrected chi connectivity index (χ2v) is 6.24. The Morgan fingerprint density at radius 3 is 2.52 bits per heavy atom. The molecule has 0 aliphatic rings. The third kappa shape index (κ3) is 4.75. The van der Waals surface area contributed by atoms with Crippen LogP contribution >= 0.6 is 0 Å². The van der Waals surface area contributed by atoms with E-state index in [1.54, 1.807) is 13.0 Å². The monoisotopic (exact) mass is 393 g/mol. The molecule has 0 bridgehead atoms. The number of nitro groups is 1. The highest BCUT2D eigenvalue weighted by Gasteiger charge is 2.11. The fourth-order valence-corrected chi connectivity index (χ4v) is 2.82. The molecule has 3 aromatic rings. The van der Waals surface area contributed by atoms with E-state index in [1.165, 1.54) is 18.2 Å². The van der Waals surface area contributed by atoms with Crippen LogP contribution in [0.15, 0.2) is 48.5 Å². The number of anilines is 3. The van der Waals surface area contributed by atoms with Crippen molar-refractivity contribution in [1.29, 1.82) is 0 Å². The highest BCUT2D eigenvalue weighted by Crippen LogP contribution is 2.28. The van der Waals surface area contributed by atoms with E-state index < -0.39 is 11.0 Å². The van der Waals surface area contributed by atoms with Crippen molar-refractivity contribution in [2.45, 2.75) is 13.5 Å². The largest absolute Gasteiger partial charge is 0.383 e. The van der Waals surface area contributed by atoms with Gasteiger partial charge in [-0.15, -0.1) is 0 Å². The zero-order valence-corrected chi connectivity index (χ0v) is 15.5. The van der Waals surface area contributed by atoms with E-state index in [2.05, 4.69) is 20.6 Å². The maximum atomic E-state index is 12.0. The van der Waals surface area contributed by atoms with Crippen LogP contribution in [0.3, 0.4) is 0 Å². The number of aromatic nitrogens is 2. The first-order chi connectivity index (χ1) is 13.8. The van der Waals surface area contributed by atoms with Gasteiger partial charge in [-0.25, -0.2) is 9.78 Å². The van der Waals surface area contributed by atoms with Crippen molar-refractivity contribution in [1.82, 2.24) is 15.3 Å². The van der Waals surface area contributed by atoms with Gasteiger partial charge in [0, 0.05) is 29.9 Å². The minimum Gasteiger partial charge on any atom is -0.383 e. The van der Waals surface area contributed by atoms with Crippen LogP contribution in [0.5, 0.6) is 0 Å². The summed E-state index contributed by atoms with van der Waals surface area (Å²) in [7, 11) is 0. The summed E-state index contributed by atoms with van der Waals surface area (Å²) >= 11 is 0. The van der Waals surface area contributed by atoms with E-state index in [4.69, 9.17) is 11.5 Å². The average molecular weight is 393 g/mol. The predicted octanol–water partition coefficient (Wildman–Crippen LogP) is 2.85. The number of urea groups is 1. The van der Waals surface area contributed by atoms with Crippen LogP contribution < -0.4 is 22.1 Å². The van der Waals surface area contributed by atoms with Gasteiger partial charge < -0.3 is 22.1 Å². The summed E-state index contributed by atoms with van der Waals surface area (Å²) in [6.45, 7) is 2.07. The molecular weight excluding hydrogens is 374 g/mol. The van der Waals surface area contributed by atoms with Crippen LogP contribution in [0, 0.1) is 17.0 Å². The Hall–Kier alpha value is -4.21. The van der Waals surface area contributed by atoms with E-state index in [0.29, 0.717) is 22.8 Å². The minimum absolute atomic E-state index is 0.0976. The number of nitrogen functional groups attached to an aromatic ring is 2. The van der Waals surface area contributed by atoms with Gasteiger partial charge >= 0.3 is 6.03 Å². The lowest BCUT2D eigenvalue weighted by Gasteiger charge is -2.11. The summed E-state index contributed by atoms with van der Waals surface area (Å²) in [5, 5.41) is 16.1. The maximum Gasteiger partial charge on any atom is 0.319 e. The summed E-state index contributed by atoms with van der Waals surface area (Å²) in [4.78, 5) is 30.4. The number of nitro benzene ring substituents is 1. The minimum atomic E-state index is -0.523. The summed E-state index contributed by atoms with van der Waals surface area (Å²) in [6.07, 6.45) is 0. The molecule has 6 N–H and O–H groups in total. The first-order valence-electron chi connectivity index (χ1n) is 8.61. The molecule has 1 aromatic heterocycles. The Labute approximate surface area is 166 Å². The van der Waals surface area contributed by atoms with Crippen LogP contribution in [0.4, 0.5) is 27.9 Å². The van der Waals surface area contributed by atoms with Gasteiger partial charge in [-0.2, -0.15) is 4.98 Å². The van der Waals surface area contributed by atoms with Crippen molar-refractivity contribution >= 4 is 29.2 Å². The summed E-state index contributed by atoms with van der Waals surface area (Å²) in [5.41, 5.74) is 14.9. The number of nitrogens with two attached hydrogens (primary N) is 2. The van der Waals surface area contributed by atoms with Crippen molar-refractivity contribution in [3.8, 4) is 11.1 Å². The Bertz CT molecular complexity index is 1040. The molecule has 10 nitrogen and oxygen atoms in total. The van der Waals surface area contributed by atoms with Gasteiger partial charge in [0.2, 0.25) is 5.95 Å². The lowest BCUT2D eigenvalue weighted by atomic mass is 10.0. The number of nitrogens with zero attached hydrogens (tertiary/aromatic N) is 3. The zero-order valence-electron chi connectivity index (χ0n) is 15.5. The zero-order chi connectivity index (χ0) is 21.0. The van der Waals surface area contributed by atoms with Crippen LogP contribution in [-0.2, 0) is 6.54 Å². The molecule has 1 heterocycles. The molecule has 148 valence electrons. The summed E-state index contributed by atoms with van der Waals surface area (Å²) in [6, 6.07) is 12.6. The molecule has 2 aromatic carbocycles. The molecule has 10 heteroatoms. The fraction of sp³-hybridized carbons (Fsp3) is 0.105. The third-order valence-corrected chi connectivity index (χ3v) is 4.15. The second-order valence-electron chi connectivity index (χ2n) is 6.24. The van der Waals surface area contributed by atoms with Gasteiger partial charge in [0.15, 0.2) is 0 Å². The molecule has 0 aliphatic carbocycles. The molecule has 0 atom stereocenters. The number of aryl methyl sites for hydroxylation is 1. The molecule has 0 aliphatic heterocycles. The molecule has 0 unspecified atom stereocenters. The van der Waals surface area contributed by atoms with Crippen molar-refractivity contribution < 1.29 is 9.72 Å². The molecule has 0 saturated heterocycles. The number of amides is 2. The lowest BCUT2D eigenvalue weighted by molar-refractivity contribution is -0.384.